The second-order valence-corrected chi connectivity index (χ2v) is 4.52. The molecule has 1 rings (SSSR count). The first kappa shape index (κ1) is 9.34. The maximum Gasteiger partial charge on any atom is 0.0320 e. The summed E-state index contributed by atoms with van der Waals surface area (Å²) in [7, 11) is 2.19. The Morgan fingerprint density at radius 2 is 2.18 bits per heavy atom. The molecule has 0 radical (unpaired) electrons. The molecule has 1 nitrogen and oxygen atoms in total. The molecular formula is C9H18ClN. The minimum Gasteiger partial charge on any atom is -0.306 e. The van der Waals surface area contributed by atoms with Gasteiger partial charge in [-0.1, -0.05) is 0 Å². The third-order valence-corrected chi connectivity index (χ3v) is 2.39. The summed E-state index contributed by atoms with van der Waals surface area (Å²) in [5.41, 5.74) is 0. The van der Waals surface area contributed by atoms with Gasteiger partial charge in [-0.3, -0.25) is 0 Å². The Kier molecular flexibility index (Phi) is 3.67. The van der Waals surface area contributed by atoms with Crippen LogP contribution in [-0.4, -0.2) is 30.4 Å². The van der Waals surface area contributed by atoms with Crippen LogP contribution in [-0.2, 0) is 0 Å². The van der Waals surface area contributed by atoms with Gasteiger partial charge >= 0.3 is 0 Å². The molecule has 0 amide bonds. The number of nitrogens with zero attached hydrogens (tertiary/aromatic N) is 1. The molecule has 0 spiro atoms. The Morgan fingerprint density at radius 3 is 2.64 bits per heavy atom. The Labute approximate surface area is 74.7 Å². The van der Waals surface area contributed by atoms with Crippen LogP contribution in [0.15, 0.2) is 0 Å². The standard InChI is InChI=1S/C9H18ClN/c1-8(10)5-6-11(2)7-9-3-4-9/h8-9H,3-7H2,1-2H3. The minimum absolute atomic E-state index is 0.330. The van der Waals surface area contributed by atoms with E-state index in [1.165, 1.54) is 19.4 Å². The van der Waals surface area contributed by atoms with E-state index >= 15 is 0 Å². The van der Waals surface area contributed by atoms with Crippen molar-refractivity contribution < 1.29 is 0 Å². The predicted molar refractivity (Wildman–Crippen MR) is 50.2 cm³/mol. The van der Waals surface area contributed by atoms with Crippen molar-refractivity contribution in [2.45, 2.75) is 31.6 Å². The van der Waals surface area contributed by atoms with Crippen molar-refractivity contribution in [3.8, 4) is 0 Å². The molecule has 11 heavy (non-hydrogen) atoms. The lowest BCUT2D eigenvalue weighted by molar-refractivity contribution is 0.316. The summed E-state index contributed by atoms with van der Waals surface area (Å²) in [5.74, 6) is 1.01. The fraction of sp³-hybridized carbons (Fsp3) is 1.00. The van der Waals surface area contributed by atoms with Gasteiger partial charge in [-0.2, -0.15) is 0 Å². The molecule has 0 aromatic rings. The third-order valence-electron chi connectivity index (χ3n) is 2.18. The topological polar surface area (TPSA) is 3.24 Å². The highest BCUT2D eigenvalue weighted by Gasteiger charge is 2.22. The van der Waals surface area contributed by atoms with Crippen molar-refractivity contribution in [1.82, 2.24) is 4.90 Å². The number of rotatable bonds is 5. The largest absolute Gasteiger partial charge is 0.306 e. The van der Waals surface area contributed by atoms with Crippen LogP contribution < -0.4 is 0 Å². The molecule has 1 unspecified atom stereocenters. The van der Waals surface area contributed by atoms with Crippen LogP contribution in [0.3, 0.4) is 0 Å². The maximum atomic E-state index is 5.85. The van der Waals surface area contributed by atoms with E-state index in [0.717, 1.165) is 18.9 Å². The smallest absolute Gasteiger partial charge is 0.0320 e. The summed E-state index contributed by atoms with van der Waals surface area (Å²) in [6.07, 6.45) is 4.01. The predicted octanol–water partition coefficient (Wildman–Crippen LogP) is 2.35. The van der Waals surface area contributed by atoms with Gasteiger partial charge in [-0.15, -0.1) is 11.6 Å². The zero-order valence-electron chi connectivity index (χ0n) is 7.52. The van der Waals surface area contributed by atoms with Crippen LogP contribution in [0.1, 0.15) is 26.2 Å². The van der Waals surface area contributed by atoms with Crippen LogP contribution in [0.4, 0.5) is 0 Å². The summed E-state index contributed by atoms with van der Waals surface area (Å²) in [4.78, 5) is 2.40. The van der Waals surface area contributed by atoms with Gasteiger partial charge in [0.1, 0.15) is 0 Å². The Hall–Kier alpha value is 0.250. The molecule has 1 fully saturated rings. The summed E-state index contributed by atoms with van der Waals surface area (Å²) in [6, 6.07) is 0. The van der Waals surface area contributed by atoms with Gasteiger partial charge in [0.2, 0.25) is 0 Å². The Balaban J connectivity index is 1.95. The molecule has 1 saturated carbocycles. The average molecular weight is 176 g/mol. The van der Waals surface area contributed by atoms with Crippen LogP contribution in [0.25, 0.3) is 0 Å². The monoisotopic (exact) mass is 175 g/mol. The summed E-state index contributed by atoms with van der Waals surface area (Å²) in [5, 5.41) is 0.330. The fourth-order valence-corrected chi connectivity index (χ4v) is 1.33. The lowest BCUT2D eigenvalue weighted by Crippen LogP contribution is -2.23. The number of hydrogen-bond donors (Lipinski definition) is 0. The molecule has 1 atom stereocenters. The van der Waals surface area contributed by atoms with Crippen molar-refractivity contribution in [3.05, 3.63) is 0 Å². The molecule has 66 valence electrons. The number of hydrogen-bond acceptors (Lipinski definition) is 1. The quantitative estimate of drug-likeness (QED) is 0.580. The van der Waals surface area contributed by atoms with Crippen molar-refractivity contribution >= 4 is 11.6 Å². The van der Waals surface area contributed by atoms with Crippen molar-refractivity contribution in [2.24, 2.45) is 5.92 Å². The molecule has 0 heterocycles. The molecule has 0 saturated heterocycles. The second-order valence-electron chi connectivity index (χ2n) is 3.78. The zero-order chi connectivity index (χ0) is 8.27. The van der Waals surface area contributed by atoms with E-state index in [2.05, 4.69) is 18.9 Å². The van der Waals surface area contributed by atoms with E-state index in [1.807, 2.05) is 0 Å². The van der Waals surface area contributed by atoms with E-state index in [9.17, 15) is 0 Å². The van der Waals surface area contributed by atoms with Gasteiger partial charge in [0.05, 0.1) is 0 Å². The van der Waals surface area contributed by atoms with Crippen LogP contribution in [0.2, 0.25) is 0 Å². The highest BCUT2D eigenvalue weighted by atomic mass is 35.5. The van der Waals surface area contributed by atoms with Gasteiger partial charge in [0.15, 0.2) is 0 Å². The normalized spacial score (nSPS) is 20.7. The fourth-order valence-electron chi connectivity index (χ4n) is 1.23. The van der Waals surface area contributed by atoms with Crippen LogP contribution in [0.5, 0.6) is 0 Å². The zero-order valence-corrected chi connectivity index (χ0v) is 8.27. The van der Waals surface area contributed by atoms with E-state index in [1.54, 1.807) is 0 Å². The first-order chi connectivity index (χ1) is 5.18. The molecule has 2 heteroatoms. The SMILES string of the molecule is CC(Cl)CCN(C)CC1CC1. The molecule has 1 aliphatic rings. The van der Waals surface area contributed by atoms with E-state index in [-0.39, 0.29) is 0 Å². The molecular weight excluding hydrogens is 158 g/mol. The van der Waals surface area contributed by atoms with E-state index in [4.69, 9.17) is 11.6 Å². The molecule has 0 bridgehead atoms. The Bertz CT molecular complexity index is 110. The Morgan fingerprint density at radius 1 is 1.55 bits per heavy atom. The average Bonchev–Trinajstić information content (AvgIpc) is 2.67. The highest BCUT2D eigenvalue weighted by Crippen LogP contribution is 2.29. The van der Waals surface area contributed by atoms with Gasteiger partial charge in [-0.25, -0.2) is 0 Å². The highest BCUT2D eigenvalue weighted by molar-refractivity contribution is 6.20. The number of alkyl halides is 1. The van der Waals surface area contributed by atoms with Crippen molar-refractivity contribution in [2.75, 3.05) is 20.1 Å². The van der Waals surface area contributed by atoms with Gasteiger partial charge < -0.3 is 4.90 Å². The van der Waals surface area contributed by atoms with Gasteiger partial charge in [0.25, 0.3) is 0 Å². The van der Waals surface area contributed by atoms with Gasteiger partial charge in [-0.05, 0) is 45.7 Å². The second kappa shape index (κ2) is 4.32. The van der Waals surface area contributed by atoms with E-state index < -0.39 is 0 Å². The maximum absolute atomic E-state index is 5.85. The van der Waals surface area contributed by atoms with Gasteiger partial charge in [0, 0.05) is 11.9 Å². The third kappa shape index (κ3) is 4.65. The van der Waals surface area contributed by atoms with E-state index in [0.29, 0.717) is 5.38 Å². The molecule has 0 N–H and O–H groups in total. The first-order valence-electron chi connectivity index (χ1n) is 4.51. The van der Waals surface area contributed by atoms with Crippen molar-refractivity contribution in [3.63, 3.8) is 0 Å². The molecule has 0 aromatic heterocycles. The molecule has 1 aliphatic carbocycles. The lowest BCUT2D eigenvalue weighted by Gasteiger charge is -2.16. The minimum atomic E-state index is 0.330. The molecule has 0 aliphatic heterocycles. The summed E-state index contributed by atoms with van der Waals surface area (Å²) < 4.78 is 0. The van der Waals surface area contributed by atoms with Crippen LogP contribution >= 0.6 is 11.6 Å². The summed E-state index contributed by atoms with van der Waals surface area (Å²) in [6.45, 7) is 4.50. The molecule has 0 aromatic carbocycles. The number of halogens is 1. The first-order valence-corrected chi connectivity index (χ1v) is 4.94. The summed E-state index contributed by atoms with van der Waals surface area (Å²) >= 11 is 5.85. The van der Waals surface area contributed by atoms with Crippen molar-refractivity contribution in [1.29, 1.82) is 0 Å². The van der Waals surface area contributed by atoms with Crippen LogP contribution in [0, 0.1) is 5.92 Å². The lowest BCUT2D eigenvalue weighted by atomic mass is 10.3.